The molecule has 19 heavy (non-hydrogen) atoms. The normalized spacial score (nSPS) is 9.95. The predicted octanol–water partition coefficient (Wildman–Crippen LogP) is 0.878. The summed E-state index contributed by atoms with van der Waals surface area (Å²) in [7, 11) is 0. The van der Waals surface area contributed by atoms with Crippen molar-refractivity contribution in [2.75, 3.05) is 19.8 Å². The number of ketones is 1. The van der Waals surface area contributed by atoms with Crippen LogP contribution in [0.4, 0.5) is 0 Å². The Morgan fingerprint density at radius 1 is 1.05 bits per heavy atom. The standard InChI is InChI=1S/C12H18O7/c1-9(2)10(13)5-6-17-7-8-18-19-12(16)4-3-11(14)15/h1,3-8H2,2H3,(H,14,15). The number of carboxylic acid groups (broad SMARTS) is 1. The van der Waals surface area contributed by atoms with E-state index in [0.29, 0.717) is 5.57 Å². The van der Waals surface area contributed by atoms with Gasteiger partial charge in [-0.2, -0.15) is 4.89 Å². The second-order valence-electron chi connectivity index (χ2n) is 3.74. The molecule has 0 aliphatic rings. The zero-order chi connectivity index (χ0) is 14.7. The lowest BCUT2D eigenvalue weighted by Crippen LogP contribution is -2.12. The minimum Gasteiger partial charge on any atom is -0.481 e. The van der Waals surface area contributed by atoms with Crippen molar-refractivity contribution < 1.29 is 34.0 Å². The van der Waals surface area contributed by atoms with E-state index < -0.39 is 11.9 Å². The summed E-state index contributed by atoms with van der Waals surface area (Å²) in [5.41, 5.74) is 0.479. The molecule has 0 aromatic heterocycles. The lowest BCUT2D eigenvalue weighted by molar-refractivity contribution is -0.276. The van der Waals surface area contributed by atoms with Crippen LogP contribution in [0.2, 0.25) is 0 Å². The number of hydrogen-bond donors (Lipinski definition) is 1. The van der Waals surface area contributed by atoms with Crippen LogP contribution in [-0.2, 0) is 28.9 Å². The number of carbonyl (C=O) groups is 3. The molecule has 0 heterocycles. The Hall–Kier alpha value is -1.73. The highest BCUT2D eigenvalue weighted by atomic mass is 17.2. The van der Waals surface area contributed by atoms with E-state index >= 15 is 0 Å². The highest BCUT2D eigenvalue weighted by Gasteiger charge is 2.07. The molecule has 0 atom stereocenters. The highest BCUT2D eigenvalue weighted by molar-refractivity contribution is 5.94. The first kappa shape index (κ1) is 17.3. The molecule has 0 rings (SSSR count). The van der Waals surface area contributed by atoms with Crippen LogP contribution in [0, 0.1) is 0 Å². The first-order valence-electron chi connectivity index (χ1n) is 5.74. The quantitative estimate of drug-likeness (QED) is 0.258. The van der Waals surface area contributed by atoms with Gasteiger partial charge in [0.15, 0.2) is 5.78 Å². The summed E-state index contributed by atoms with van der Waals surface area (Å²) in [4.78, 5) is 41.0. The highest BCUT2D eigenvalue weighted by Crippen LogP contribution is 1.96. The number of hydrogen-bond acceptors (Lipinski definition) is 6. The van der Waals surface area contributed by atoms with Crippen molar-refractivity contribution in [2.24, 2.45) is 0 Å². The van der Waals surface area contributed by atoms with Crippen molar-refractivity contribution in [2.45, 2.75) is 26.2 Å². The van der Waals surface area contributed by atoms with Gasteiger partial charge in [-0.25, -0.2) is 4.79 Å². The Labute approximate surface area is 111 Å². The topological polar surface area (TPSA) is 99.1 Å². The lowest BCUT2D eigenvalue weighted by atomic mass is 10.2. The van der Waals surface area contributed by atoms with E-state index in [2.05, 4.69) is 16.4 Å². The Morgan fingerprint density at radius 2 is 1.74 bits per heavy atom. The number of aliphatic carboxylic acids is 1. The fourth-order valence-corrected chi connectivity index (χ4v) is 0.931. The van der Waals surface area contributed by atoms with Gasteiger partial charge in [-0.05, 0) is 12.5 Å². The van der Waals surface area contributed by atoms with Crippen LogP contribution in [-0.4, -0.2) is 42.6 Å². The third-order valence-corrected chi connectivity index (χ3v) is 1.96. The van der Waals surface area contributed by atoms with Crippen molar-refractivity contribution in [3.8, 4) is 0 Å². The number of Topliss-reactive ketones (excluding diaryl/α,β-unsaturated/α-hetero) is 1. The molecule has 0 unspecified atom stereocenters. The first-order valence-corrected chi connectivity index (χ1v) is 5.74. The molecule has 0 spiro atoms. The second kappa shape index (κ2) is 10.2. The molecular weight excluding hydrogens is 256 g/mol. The van der Waals surface area contributed by atoms with Crippen LogP contribution < -0.4 is 0 Å². The maximum absolute atomic E-state index is 11.1. The van der Waals surface area contributed by atoms with E-state index in [4.69, 9.17) is 9.84 Å². The molecule has 7 heteroatoms. The summed E-state index contributed by atoms with van der Waals surface area (Å²) < 4.78 is 5.06. The summed E-state index contributed by atoms with van der Waals surface area (Å²) in [5.74, 6) is -1.90. The predicted molar refractivity (Wildman–Crippen MR) is 64.2 cm³/mol. The molecule has 0 saturated carbocycles. The van der Waals surface area contributed by atoms with Gasteiger partial charge < -0.3 is 9.84 Å². The molecule has 0 bridgehead atoms. The Balaban J connectivity index is 3.36. The van der Waals surface area contributed by atoms with E-state index in [0.717, 1.165) is 0 Å². The third-order valence-electron chi connectivity index (χ3n) is 1.96. The van der Waals surface area contributed by atoms with Gasteiger partial charge in [0.25, 0.3) is 0 Å². The van der Waals surface area contributed by atoms with Crippen molar-refractivity contribution >= 4 is 17.7 Å². The van der Waals surface area contributed by atoms with Crippen LogP contribution in [0.5, 0.6) is 0 Å². The molecule has 7 nitrogen and oxygen atoms in total. The minimum atomic E-state index is -1.08. The number of carbonyl (C=O) groups excluding carboxylic acids is 2. The Kier molecular flexibility index (Phi) is 9.29. The average molecular weight is 274 g/mol. The SMILES string of the molecule is C=C(C)C(=O)CCOCCOOC(=O)CCC(=O)O. The smallest absolute Gasteiger partial charge is 0.342 e. The molecule has 108 valence electrons. The van der Waals surface area contributed by atoms with Gasteiger partial charge in [-0.1, -0.05) is 6.58 Å². The summed E-state index contributed by atoms with van der Waals surface area (Å²) >= 11 is 0. The molecule has 1 N–H and O–H groups in total. The molecule has 0 radical (unpaired) electrons. The van der Waals surface area contributed by atoms with Crippen LogP contribution in [0.1, 0.15) is 26.2 Å². The zero-order valence-corrected chi connectivity index (χ0v) is 10.8. The van der Waals surface area contributed by atoms with E-state index in [9.17, 15) is 14.4 Å². The molecule has 0 aromatic rings. The van der Waals surface area contributed by atoms with E-state index in [1.807, 2.05) is 0 Å². The largest absolute Gasteiger partial charge is 0.481 e. The van der Waals surface area contributed by atoms with Crippen LogP contribution in [0.25, 0.3) is 0 Å². The van der Waals surface area contributed by atoms with Gasteiger partial charge >= 0.3 is 11.9 Å². The van der Waals surface area contributed by atoms with Crippen LogP contribution in [0.15, 0.2) is 12.2 Å². The molecular formula is C12H18O7. The zero-order valence-electron chi connectivity index (χ0n) is 10.8. The first-order chi connectivity index (χ1) is 8.93. The minimum absolute atomic E-state index is 0.0140. The summed E-state index contributed by atoms with van der Waals surface area (Å²) in [5, 5.41) is 8.31. The fourth-order valence-electron chi connectivity index (χ4n) is 0.931. The summed E-state index contributed by atoms with van der Waals surface area (Å²) in [6.07, 6.45) is -0.307. The molecule has 0 fully saturated rings. The van der Waals surface area contributed by atoms with Crippen molar-refractivity contribution in [1.29, 1.82) is 0 Å². The second-order valence-corrected chi connectivity index (χ2v) is 3.74. The average Bonchev–Trinajstić information content (AvgIpc) is 2.34. The summed E-state index contributed by atoms with van der Waals surface area (Å²) in [6, 6.07) is 0. The molecule has 0 amide bonds. The molecule has 0 aliphatic heterocycles. The van der Waals surface area contributed by atoms with Gasteiger partial charge in [0.1, 0.15) is 6.61 Å². The molecule has 0 saturated heterocycles. The van der Waals surface area contributed by atoms with Crippen LogP contribution >= 0.6 is 0 Å². The number of ether oxygens (including phenoxy) is 1. The van der Waals surface area contributed by atoms with Crippen molar-refractivity contribution in [3.63, 3.8) is 0 Å². The maximum Gasteiger partial charge on any atom is 0.342 e. The van der Waals surface area contributed by atoms with Gasteiger partial charge in [-0.3, -0.25) is 14.5 Å². The van der Waals surface area contributed by atoms with E-state index in [-0.39, 0.29) is 44.9 Å². The van der Waals surface area contributed by atoms with E-state index in [1.54, 1.807) is 6.92 Å². The van der Waals surface area contributed by atoms with Gasteiger partial charge in [0.05, 0.1) is 26.1 Å². The number of rotatable bonds is 11. The maximum atomic E-state index is 11.1. The number of allylic oxidation sites excluding steroid dienone is 1. The van der Waals surface area contributed by atoms with Crippen LogP contribution in [0.3, 0.4) is 0 Å². The fraction of sp³-hybridized carbons (Fsp3) is 0.583. The van der Waals surface area contributed by atoms with Crippen molar-refractivity contribution in [1.82, 2.24) is 0 Å². The molecule has 0 aromatic carbocycles. The number of carboxylic acids is 1. The van der Waals surface area contributed by atoms with E-state index in [1.165, 1.54) is 0 Å². The van der Waals surface area contributed by atoms with Gasteiger partial charge in [0.2, 0.25) is 0 Å². The van der Waals surface area contributed by atoms with Crippen molar-refractivity contribution in [3.05, 3.63) is 12.2 Å². The third kappa shape index (κ3) is 11.1. The lowest BCUT2D eigenvalue weighted by Gasteiger charge is -2.04. The molecule has 0 aliphatic carbocycles. The Morgan fingerprint density at radius 3 is 2.32 bits per heavy atom. The summed E-state index contributed by atoms with van der Waals surface area (Å²) in [6.45, 7) is 5.55. The Bertz CT molecular complexity index is 335. The monoisotopic (exact) mass is 274 g/mol. The van der Waals surface area contributed by atoms with Gasteiger partial charge in [0, 0.05) is 6.42 Å². The van der Waals surface area contributed by atoms with Gasteiger partial charge in [-0.15, -0.1) is 0 Å².